The minimum absolute atomic E-state index is 0.00852. The molecule has 0 saturated heterocycles. The summed E-state index contributed by atoms with van der Waals surface area (Å²) in [4.78, 5) is 17.2. The minimum atomic E-state index is -4.55. The number of hydrogen-bond acceptors (Lipinski definition) is 4. The maximum atomic E-state index is 13.2. The molecule has 0 bridgehead atoms. The van der Waals surface area contributed by atoms with Crippen molar-refractivity contribution in [2.24, 2.45) is 0 Å². The smallest absolute Gasteiger partial charge is 0.306 e. The lowest BCUT2D eigenvalue weighted by Gasteiger charge is -2.13. The van der Waals surface area contributed by atoms with Crippen LogP contribution in [0.1, 0.15) is 27.3 Å². The van der Waals surface area contributed by atoms with Gasteiger partial charge in [0.25, 0.3) is 5.91 Å². The third kappa shape index (κ3) is 4.09. The Kier molecular flexibility index (Phi) is 5.47. The Morgan fingerprint density at radius 3 is 2.56 bits per heavy atom. The van der Waals surface area contributed by atoms with Gasteiger partial charge in [-0.15, -0.1) is 0 Å². The Bertz CT molecular complexity index is 1300. The highest BCUT2D eigenvalue weighted by Crippen LogP contribution is 2.34. The summed E-state index contributed by atoms with van der Waals surface area (Å²) in [7, 11) is 0. The highest BCUT2D eigenvalue weighted by atomic mass is 35.5. The first-order valence-corrected chi connectivity index (χ1v) is 9.74. The number of halogens is 4. The summed E-state index contributed by atoms with van der Waals surface area (Å²) in [5.74, 6) is 0.202. The maximum absolute atomic E-state index is 13.2. The summed E-state index contributed by atoms with van der Waals surface area (Å²) in [6.07, 6.45) is -1.55. The molecule has 0 unspecified atom stereocenters. The minimum Gasteiger partial charge on any atom is -0.306 e. The summed E-state index contributed by atoms with van der Waals surface area (Å²) in [6.45, 7) is 3.36. The van der Waals surface area contributed by atoms with E-state index in [1.54, 1.807) is 38.2 Å². The topological polar surface area (TPSA) is 77.6 Å². The number of hydrogen-bond donors (Lipinski definition) is 1. The molecule has 11 heteroatoms. The van der Waals surface area contributed by atoms with Crippen LogP contribution in [0.5, 0.6) is 0 Å². The summed E-state index contributed by atoms with van der Waals surface area (Å²) in [5.41, 5.74) is 0.410. The lowest BCUT2D eigenvalue weighted by molar-refractivity contribution is -0.137. The Morgan fingerprint density at radius 2 is 1.88 bits per heavy atom. The van der Waals surface area contributed by atoms with E-state index in [2.05, 4.69) is 20.5 Å². The fourth-order valence-electron chi connectivity index (χ4n) is 3.15. The number of benzene rings is 1. The molecule has 0 saturated carbocycles. The van der Waals surface area contributed by atoms with Gasteiger partial charge in [0, 0.05) is 12.3 Å². The second kappa shape index (κ2) is 8.12. The SMILES string of the molecule is Cc1cc(NC(=O)c2cnn(-c3ccccn3)c2C)n(-c2cc(C(F)(F)F)ccc2Cl)n1. The number of aromatic nitrogens is 5. The van der Waals surface area contributed by atoms with E-state index in [4.69, 9.17) is 11.6 Å². The average Bonchev–Trinajstić information content (AvgIpc) is 3.30. The number of carbonyl (C=O) groups excluding carboxylic acids is 1. The molecule has 1 aromatic carbocycles. The maximum Gasteiger partial charge on any atom is 0.416 e. The number of rotatable bonds is 4. The van der Waals surface area contributed by atoms with Crippen LogP contribution in [0.15, 0.2) is 54.9 Å². The van der Waals surface area contributed by atoms with Gasteiger partial charge in [-0.05, 0) is 44.2 Å². The van der Waals surface area contributed by atoms with Gasteiger partial charge in [0.15, 0.2) is 5.82 Å². The van der Waals surface area contributed by atoms with E-state index in [1.807, 2.05) is 0 Å². The standard InChI is InChI=1S/C21H16ClF3N6O/c1-12-9-19(31(29-12)17-10-14(21(23,24)25)6-7-16(17)22)28-20(32)15-11-27-30(13(15)2)18-5-3-4-8-26-18/h3-11H,1-2H3,(H,28,32). The van der Waals surface area contributed by atoms with Crippen molar-refractivity contribution in [2.75, 3.05) is 5.32 Å². The summed E-state index contributed by atoms with van der Waals surface area (Å²) in [6, 6.07) is 9.75. The molecule has 0 radical (unpaired) electrons. The zero-order valence-corrected chi connectivity index (χ0v) is 17.6. The quantitative estimate of drug-likeness (QED) is 0.465. The zero-order valence-electron chi connectivity index (χ0n) is 16.9. The molecule has 0 aliphatic rings. The van der Waals surface area contributed by atoms with Crippen LogP contribution in [-0.2, 0) is 6.18 Å². The highest BCUT2D eigenvalue weighted by Gasteiger charge is 2.31. The second-order valence-electron chi connectivity index (χ2n) is 6.94. The van der Waals surface area contributed by atoms with Crippen molar-refractivity contribution in [1.82, 2.24) is 24.5 Å². The first kappa shape index (κ1) is 21.6. The van der Waals surface area contributed by atoms with Crippen molar-refractivity contribution >= 4 is 23.3 Å². The molecule has 32 heavy (non-hydrogen) atoms. The van der Waals surface area contributed by atoms with E-state index >= 15 is 0 Å². The van der Waals surface area contributed by atoms with E-state index in [-0.39, 0.29) is 22.1 Å². The molecule has 0 spiro atoms. The molecular formula is C21H16ClF3N6O. The first-order valence-electron chi connectivity index (χ1n) is 9.36. The number of alkyl halides is 3. The number of anilines is 1. The summed E-state index contributed by atoms with van der Waals surface area (Å²) >= 11 is 6.15. The molecule has 7 nitrogen and oxygen atoms in total. The zero-order chi connectivity index (χ0) is 23.0. The summed E-state index contributed by atoms with van der Waals surface area (Å²) in [5, 5.41) is 11.2. The number of amides is 1. The van der Waals surface area contributed by atoms with Gasteiger partial charge in [-0.3, -0.25) is 4.79 Å². The van der Waals surface area contributed by atoms with Gasteiger partial charge in [0.1, 0.15) is 5.82 Å². The molecule has 3 aromatic heterocycles. The van der Waals surface area contributed by atoms with Crippen molar-refractivity contribution in [2.45, 2.75) is 20.0 Å². The highest BCUT2D eigenvalue weighted by molar-refractivity contribution is 6.32. The normalized spacial score (nSPS) is 11.6. The lowest BCUT2D eigenvalue weighted by Crippen LogP contribution is -2.16. The molecule has 0 aliphatic carbocycles. The van der Waals surface area contributed by atoms with Crippen molar-refractivity contribution in [1.29, 1.82) is 0 Å². The van der Waals surface area contributed by atoms with Crippen molar-refractivity contribution in [3.05, 3.63) is 82.4 Å². The Morgan fingerprint density at radius 1 is 1.09 bits per heavy atom. The van der Waals surface area contributed by atoms with Crippen molar-refractivity contribution in [3.8, 4) is 11.5 Å². The van der Waals surface area contributed by atoms with E-state index < -0.39 is 17.6 Å². The van der Waals surface area contributed by atoms with Gasteiger partial charge < -0.3 is 5.32 Å². The molecular weight excluding hydrogens is 445 g/mol. The van der Waals surface area contributed by atoms with Gasteiger partial charge in [0.2, 0.25) is 0 Å². The molecule has 164 valence electrons. The first-order chi connectivity index (χ1) is 15.1. The fraction of sp³-hybridized carbons (Fsp3) is 0.143. The monoisotopic (exact) mass is 460 g/mol. The van der Waals surface area contributed by atoms with Crippen LogP contribution < -0.4 is 5.32 Å². The van der Waals surface area contributed by atoms with Gasteiger partial charge in [0.05, 0.1) is 39.4 Å². The van der Waals surface area contributed by atoms with Crippen LogP contribution in [0.25, 0.3) is 11.5 Å². The van der Waals surface area contributed by atoms with Gasteiger partial charge in [-0.25, -0.2) is 14.3 Å². The Balaban J connectivity index is 1.68. The molecule has 1 N–H and O–H groups in total. The second-order valence-corrected chi connectivity index (χ2v) is 7.35. The van der Waals surface area contributed by atoms with E-state index in [9.17, 15) is 18.0 Å². The van der Waals surface area contributed by atoms with E-state index in [1.165, 1.54) is 21.6 Å². The van der Waals surface area contributed by atoms with E-state index in [0.717, 1.165) is 18.2 Å². The number of nitrogens with one attached hydrogen (secondary N) is 1. The van der Waals surface area contributed by atoms with Crippen LogP contribution in [0.4, 0.5) is 19.0 Å². The van der Waals surface area contributed by atoms with Crippen molar-refractivity contribution < 1.29 is 18.0 Å². The van der Waals surface area contributed by atoms with E-state index in [0.29, 0.717) is 17.2 Å². The third-order valence-electron chi connectivity index (χ3n) is 4.70. The molecule has 1 amide bonds. The van der Waals surface area contributed by atoms with Crippen LogP contribution in [0.3, 0.4) is 0 Å². The predicted octanol–water partition coefficient (Wildman–Crippen LogP) is 4.99. The molecule has 4 rings (SSSR count). The number of nitrogens with zero attached hydrogens (tertiary/aromatic N) is 5. The van der Waals surface area contributed by atoms with Gasteiger partial charge >= 0.3 is 6.18 Å². The predicted molar refractivity (Wildman–Crippen MR) is 112 cm³/mol. The number of carbonyl (C=O) groups is 1. The Hall–Kier alpha value is -3.66. The molecule has 0 atom stereocenters. The molecule has 3 heterocycles. The molecule has 0 fully saturated rings. The number of aryl methyl sites for hydroxylation is 1. The fourth-order valence-corrected chi connectivity index (χ4v) is 3.35. The third-order valence-corrected chi connectivity index (χ3v) is 5.02. The van der Waals surface area contributed by atoms with Crippen molar-refractivity contribution in [3.63, 3.8) is 0 Å². The van der Waals surface area contributed by atoms with Crippen LogP contribution in [0.2, 0.25) is 5.02 Å². The lowest BCUT2D eigenvalue weighted by atomic mass is 10.2. The molecule has 4 aromatic rings. The van der Waals surface area contributed by atoms with Crippen LogP contribution >= 0.6 is 11.6 Å². The largest absolute Gasteiger partial charge is 0.416 e. The van der Waals surface area contributed by atoms with Gasteiger partial charge in [-0.2, -0.15) is 23.4 Å². The average molecular weight is 461 g/mol. The van der Waals surface area contributed by atoms with Crippen LogP contribution in [0, 0.1) is 13.8 Å². The van der Waals surface area contributed by atoms with Crippen LogP contribution in [-0.4, -0.2) is 30.5 Å². The summed E-state index contributed by atoms with van der Waals surface area (Å²) < 4.78 is 42.2. The van der Waals surface area contributed by atoms with Gasteiger partial charge in [-0.1, -0.05) is 17.7 Å². The Labute approximate surface area is 185 Å². The molecule has 0 aliphatic heterocycles. The number of pyridine rings is 1.